The van der Waals surface area contributed by atoms with Crippen molar-refractivity contribution in [3.8, 4) is 11.5 Å². The summed E-state index contributed by atoms with van der Waals surface area (Å²) in [5.74, 6) is 0.575. The van der Waals surface area contributed by atoms with Crippen LogP contribution in [0.15, 0.2) is 29.0 Å². The lowest BCUT2D eigenvalue weighted by molar-refractivity contribution is -0.139. The topological polar surface area (TPSA) is 88.2 Å². The molecule has 1 N–H and O–H groups in total. The van der Waals surface area contributed by atoms with Crippen molar-refractivity contribution in [2.24, 2.45) is 0 Å². The third-order valence-electron chi connectivity index (χ3n) is 5.74. The van der Waals surface area contributed by atoms with Crippen LogP contribution >= 0.6 is 11.3 Å². The van der Waals surface area contributed by atoms with Crippen LogP contribution in [0.1, 0.15) is 23.6 Å². The highest BCUT2D eigenvalue weighted by Gasteiger charge is 2.50. The van der Waals surface area contributed by atoms with Crippen molar-refractivity contribution >= 4 is 29.2 Å². The van der Waals surface area contributed by atoms with Crippen LogP contribution in [0.3, 0.4) is 0 Å². The van der Waals surface area contributed by atoms with Crippen molar-refractivity contribution in [3.05, 3.63) is 45.6 Å². The van der Waals surface area contributed by atoms with Gasteiger partial charge in [0.05, 0.1) is 14.2 Å². The summed E-state index contributed by atoms with van der Waals surface area (Å²) >= 11 is 1.45. The molecule has 2 aliphatic heterocycles. The van der Waals surface area contributed by atoms with Gasteiger partial charge in [0.1, 0.15) is 12.1 Å². The van der Waals surface area contributed by atoms with Crippen LogP contribution in [0.5, 0.6) is 11.5 Å². The molecule has 1 fully saturated rings. The summed E-state index contributed by atoms with van der Waals surface area (Å²) in [5, 5.41) is 6.40. The van der Waals surface area contributed by atoms with E-state index in [0.717, 1.165) is 16.0 Å². The first-order chi connectivity index (χ1) is 14.4. The molecule has 0 aliphatic carbocycles. The van der Waals surface area contributed by atoms with Gasteiger partial charge < -0.3 is 19.7 Å². The van der Waals surface area contributed by atoms with E-state index >= 15 is 0 Å². The lowest BCUT2D eigenvalue weighted by Gasteiger charge is -2.30. The van der Waals surface area contributed by atoms with Crippen molar-refractivity contribution in [3.63, 3.8) is 0 Å². The van der Waals surface area contributed by atoms with E-state index in [1.165, 1.54) is 11.3 Å². The first kappa shape index (κ1) is 20.2. The lowest BCUT2D eigenvalue weighted by atomic mass is 9.95. The van der Waals surface area contributed by atoms with E-state index in [-0.39, 0.29) is 12.5 Å². The van der Waals surface area contributed by atoms with Gasteiger partial charge in [-0.25, -0.2) is 4.79 Å². The van der Waals surface area contributed by atoms with Crippen LogP contribution in [0, 0.1) is 0 Å². The first-order valence-electron chi connectivity index (χ1n) is 9.55. The molecule has 1 atom stereocenters. The van der Waals surface area contributed by atoms with E-state index in [0.29, 0.717) is 36.6 Å². The fraction of sp³-hybridized carbons (Fsp3) is 0.381. The SMILES string of the molecule is COc1cc2c(cc1OC)CN(C(=O)CN1C(=O)NC(C)(c3ccsc3)C1=O)CC2. The van der Waals surface area contributed by atoms with Crippen molar-refractivity contribution in [2.45, 2.75) is 25.4 Å². The Bertz CT molecular complexity index is 1010. The molecule has 0 saturated carbocycles. The first-order valence-corrected chi connectivity index (χ1v) is 10.5. The fourth-order valence-electron chi connectivity index (χ4n) is 3.92. The highest BCUT2D eigenvalue weighted by Crippen LogP contribution is 2.34. The second-order valence-electron chi connectivity index (χ2n) is 7.50. The number of imide groups is 1. The van der Waals surface area contributed by atoms with E-state index in [9.17, 15) is 14.4 Å². The van der Waals surface area contributed by atoms with E-state index in [1.807, 2.05) is 22.9 Å². The Morgan fingerprint density at radius 2 is 1.90 bits per heavy atom. The maximum atomic E-state index is 13.0. The van der Waals surface area contributed by atoms with Gasteiger partial charge in [0, 0.05) is 13.1 Å². The maximum Gasteiger partial charge on any atom is 0.325 e. The van der Waals surface area contributed by atoms with Gasteiger partial charge in [-0.05, 0) is 59.0 Å². The summed E-state index contributed by atoms with van der Waals surface area (Å²) in [6.07, 6.45) is 0.661. The number of benzene rings is 1. The minimum Gasteiger partial charge on any atom is -0.493 e. The highest BCUT2D eigenvalue weighted by molar-refractivity contribution is 7.08. The quantitative estimate of drug-likeness (QED) is 0.736. The van der Waals surface area contributed by atoms with Gasteiger partial charge in [-0.15, -0.1) is 0 Å². The molecule has 2 aliphatic rings. The lowest BCUT2D eigenvalue weighted by Crippen LogP contribution is -2.45. The van der Waals surface area contributed by atoms with Gasteiger partial charge in [0.2, 0.25) is 5.91 Å². The molecule has 1 aromatic heterocycles. The summed E-state index contributed by atoms with van der Waals surface area (Å²) in [5.41, 5.74) is 1.63. The largest absolute Gasteiger partial charge is 0.493 e. The van der Waals surface area contributed by atoms with Crippen LogP contribution < -0.4 is 14.8 Å². The molecule has 4 rings (SSSR count). The second kappa shape index (κ2) is 7.64. The van der Waals surface area contributed by atoms with Crippen molar-refractivity contribution < 1.29 is 23.9 Å². The zero-order valence-electron chi connectivity index (χ0n) is 17.1. The Morgan fingerprint density at radius 3 is 2.53 bits per heavy atom. The van der Waals surface area contributed by atoms with Crippen LogP contribution in [0.4, 0.5) is 4.79 Å². The summed E-state index contributed by atoms with van der Waals surface area (Å²) < 4.78 is 10.7. The Morgan fingerprint density at radius 1 is 1.20 bits per heavy atom. The molecule has 0 bridgehead atoms. The Balaban J connectivity index is 1.49. The monoisotopic (exact) mass is 429 g/mol. The number of methoxy groups -OCH3 is 2. The predicted molar refractivity (Wildman–Crippen MR) is 111 cm³/mol. The molecule has 0 spiro atoms. The summed E-state index contributed by atoms with van der Waals surface area (Å²) in [7, 11) is 3.16. The molecular weight excluding hydrogens is 406 g/mol. The van der Waals surface area contributed by atoms with Crippen LogP contribution in [0.2, 0.25) is 0 Å². The predicted octanol–water partition coefficient (Wildman–Crippen LogP) is 2.12. The van der Waals surface area contributed by atoms with E-state index in [1.54, 1.807) is 32.1 Å². The molecule has 0 radical (unpaired) electrons. The average molecular weight is 429 g/mol. The fourth-order valence-corrected chi connectivity index (χ4v) is 4.68. The summed E-state index contributed by atoms with van der Waals surface area (Å²) in [4.78, 5) is 41.0. The van der Waals surface area contributed by atoms with Crippen LogP contribution in [-0.2, 0) is 28.1 Å². The van der Waals surface area contributed by atoms with Gasteiger partial charge in [0.15, 0.2) is 11.5 Å². The molecule has 8 nitrogen and oxygen atoms in total. The number of hydrogen-bond acceptors (Lipinski definition) is 6. The molecule has 3 heterocycles. The van der Waals surface area contributed by atoms with Gasteiger partial charge in [-0.2, -0.15) is 11.3 Å². The number of thiophene rings is 1. The van der Waals surface area contributed by atoms with Crippen molar-refractivity contribution in [1.29, 1.82) is 0 Å². The van der Waals surface area contributed by atoms with E-state index in [2.05, 4.69) is 5.32 Å². The van der Waals surface area contributed by atoms with Crippen molar-refractivity contribution in [2.75, 3.05) is 27.3 Å². The number of hydrogen-bond donors (Lipinski definition) is 1. The molecule has 2 aromatic rings. The van der Waals surface area contributed by atoms with Gasteiger partial charge in [-0.3, -0.25) is 14.5 Å². The average Bonchev–Trinajstić information content (AvgIpc) is 3.36. The number of fused-ring (bicyclic) bond motifs is 1. The van der Waals surface area contributed by atoms with Gasteiger partial charge >= 0.3 is 6.03 Å². The number of ether oxygens (including phenoxy) is 2. The summed E-state index contributed by atoms with van der Waals surface area (Å²) in [6, 6.07) is 5.05. The maximum absolute atomic E-state index is 13.0. The molecule has 1 unspecified atom stereocenters. The van der Waals surface area contributed by atoms with E-state index in [4.69, 9.17) is 9.47 Å². The number of nitrogens with zero attached hydrogens (tertiary/aromatic N) is 2. The Hall–Kier alpha value is -3.07. The molecular formula is C21H23N3O5S. The van der Waals surface area contributed by atoms with Crippen LogP contribution in [-0.4, -0.2) is 55.0 Å². The number of carbonyl (C=O) groups is 3. The van der Waals surface area contributed by atoms with Gasteiger partial charge in [0.25, 0.3) is 5.91 Å². The van der Waals surface area contributed by atoms with Crippen molar-refractivity contribution in [1.82, 2.24) is 15.1 Å². The number of rotatable bonds is 5. The minimum atomic E-state index is -1.14. The van der Waals surface area contributed by atoms with Gasteiger partial charge in [-0.1, -0.05) is 0 Å². The third kappa shape index (κ3) is 3.28. The number of amides is 4. The van der Waals surface area contributed by atoms with Crippen LogP contribution in [0.25, 0.3) is 0 Å². The zero-order chi connectivity index (χ0) is 21.5. The molecule has 4 amide bonds. The third-order valence-corrected chi connectivity index (χ3v) is 6.42. The molecule has 158 valence electrons. The summed E-state index contributed by atoms with van der Waals surface area (Å²) in [6.45, 7) is 2.27. The number of nitrogens with one attached hydrogen (secondary N) is 1. The highest BCUT2D eigenvalue weighted by atomic mass is 32.1. The zero-order valence-corrected chi connectivity index (χ0v) is 17.9. The molecule has 1 saturated heterocycles. The minimum absolute atomic E-state index is 0.270. The smallest absolute Gasteiger partial charge is 0.325 e. The number of urea groups is 1. The molecule has 1 aromatic carbocycles. The number of carbonyl (C=O) groups excluding carboxylic acids is 3. The Labute approximate surface area is 178 Å². The van der Waals surface area contributed by atoms with E-state index < -0.39 is 17.5 Å². The normalized spacial score (nSPS) is 20.8. The standard InChI is InChI=1S/C21H23N3O5S/c1-21(15-5-7-30-12-15)19(26)24(20(27)22-21)11-18(25)23-6-4-13-8-16(28-2)17(29-3)9-14(13)10-23/h5,7-9,12H,4,6,10-11H2,1-3H3,(H,22,27). The second-order valence-corrected chi connectivity index (χ2v) is 8.28. The Kier molecular flexibility index (Phi) is 5.15. The molecule has 9 heteroatoms. The molecule has 30 heavy (non-hydrogen) atoms.